The molecule has 4 nitrogen and oxygen atoms in total. The van der Waals surface area contributed by atoms with Gasteiger partial charge in [0.1, 0.15) is 4.90 Å². The first-order valence-corrected chi connectivity index (χ1v) is 11.0. The largest absolute Gasteiger partial charge is 0.324 e. The molecule has 2 aromatic carbocycles. The Balaban J connectivity index is 1.83. The van der Waals surface area contributed by atoms with Crippen LogP contribution in [0.3, 0.4) is 0 Å². The summed E-state index contributed by atoms with van der Waals surface area (Å²) in [4.78, 5) is 13.7. The van der Waals surface area contributed by atoms with E-state index in [1.54, 1.807) is 29.6 Å². The number of benzene rings is 2. The molecule has 2 heterocycles. The zero-order chi connectivity index (χ0) is 19.2. The molecule has 1 aliphatic heterocycles. The van der Waals surface area contributed by atoms with E-state index < -0.39 is 9.84 Å². The maximum absolute atomic E-state index is 13.1. The van der Waals surface area contributed by atoms with Crippen LogP contribution in [0.2, 0.25) is 0 Å². The van der Waals surface area contributed by atoms with E-state index in [-0.39, 0.29) is 21.6 Å². The Kier molecular flexibility index (Phi) is 4.40. The van der Waals surface area contributed by atoms with E-state index >= 15 is 0 Å². The molecule has 0 fully saturated rings. The first kappa shape index (κ1) is 17.9. The van der Waals surface area contributed by atoms with Crippen molar-refractivity contribution in [3.63, 3.8) is 0 Å². The highest BCUT2D eigenvalue weighted by atomic mass is 32.2. The molecule has 138 valence electrons. The highest BCUT2D eigenvalue weighted by Crippen LogP contribution is 2.45. The summed E-state index contributed by atoms with van der Waals surface area (Å²) < 4.78 is 26.3. The van der Waals surface area contributed by atoms with E-state index in [0.29, 0.717) is 12.1 Å². The fourth-order valence-electron chi connectivity index (χ4n) is 3.40. The molecule has 4 rings (SSSR count). The first-order chi connectivity index (χ1) is 12.9. The van der Waals surface area contributed by atoms with Crippen molar-refractivity contribution in [3.8, 4) is 0 Å². The summed E-state index contributed by atoms with van der Waals surface area (Å²) in [6.07, 6.45) is 0.320. The molecule has 1 aromatic heterocycles. The van der Waals surface area contributed by atoms with Crippen molar-refractivity contribution < 1.29 is 13.2 Å². The Hall–Kier alpha value is -2.44. The van der Waals surface area contributed by atoms with Crippen LogP contribution in [0.1, 0.15) is 33.9 Å². The van der Waals surface area contributed by atoms with Gasteiger partial charge in [0.2, 0.25) is 15.7 Å². The van der Waals surface area contributed by atoms with Gasteiger partial charge in [0.15, 0.2) is 0 Å². The molecule has 0 aliphatic carbocycles. The molecule has 1 aliphatic rings. The number of sulfone groups is 1. The third kappa shape index (κ3) is 3.19. The average Bonchev–Trinajstić information content (AvgIpc) is 3.06. The summed E-state index contributed by atoms with van der Waals surface area (Å²) in [6, 6.07) is 14.8. The van der Waals surface area contributed by atoms with Crippen molar-refractivity contribution in [1.29, 1.82) is 0 Å². The molecule has 1 atom stereocenters. The van der Waals surface area contributed by atoms with E-state index in [2.05, 4.69) is 11.4 Å². The molecule has 1 N–H and O–H groups in total. The van der Waals surface area contributed by atoms with E-state index in [9.17, 15) is 13.2 Å². The molecule has 0 radical (unpaired) electrons. The van der Waals surface area contributed by atoms with Crippen LogP contribution in [-0.2, 0) is 14.6 Å². The second kappa shape index (κ2) is 6.62. The van der Waals surface area contributed by atoms with Crippen LogP contribution in [0.5, 0.6) is 0 Å². The number of carbonyl (C=O) groups is 1. The fourth-order valence-corrected chi connectivity index (χ4v) is 6.31. The van der Waals surface area contributed by atoms with Gasteiger partial charge in [0.05, 0.1) is 10.6 Å². The highest BCUT2D eigenvalue weighted by molar-refractivity contribution is 7.91. The summed E-state index contributed by atoms with van der Waals surface area (Å²) in [7, 11) is -3.70. The minimum absolute atomic E-state index is 0.124. The normalized spacial score (nSPS) is 16.7. The Labute approximate surface area is 162 Å². The number of nitrogens with one attached hydrogen (secondary N) is 1. The second-order valence-electron chi connectivity index (χ2n) is 6.87. The molecule has 1 amide bonds. The number of anilines is 1. The van der Waals surface area contributed by atoms with Crippen molar-refractivity contribution in [1.82, 2.24) is 0 Å². The van der Waals surface area contributed by atoms with Gasteiger partial charge in [-0.15, -0.1) is 11.3 Å². The quantitative estimate of drug-likeness (QED) is 0.698. The smallest absolute Gasteiger partial charge is 0.225 e. The second-order valence-corrected chi connectivity index (χ2v) is 9.70. The van der Waals surface area contributed by atoms with Gasteiger partial charge in [-0.05, 0) is 31.5 Å². The number of amides is 1. The number of carbonyl (C=O) groups excluding carboxylic acids is 1. The molecule has 3 aromatic rings. The van der Waals surface area contributed by atoms with Crippen LogP contribution < -0.4 is 5.32 Å². The van der Waals surface area contributed by atoms with E-state index in [1.165, 1.54) is 11.3 Å². The summed E-state index contributed by atoms with van der Waals surface area (Å²) in [5, 5.41) is 4.45. The number of fused-ring (bicyclic) bond motifs is 1. The Morgan fingerprint density at radius 1 is 1.04 bits per heavy atom. The third-order valence-electron chi connectivity index (χ3n) is 4.82. The van der Waals surface area contributed by atoms with Crippen LogP contribution in [-0.4, -0.2) is 14.3 Å². The zero-order valence-corrected chi connectivity index (χ0v) is 16.7. The van der Waals surface area contributed by atoms with Crippen LogP contribution in [0.4, 0.5) is 5.69 Å². The third-order valence-corrected chi connectivity index (χ3v) is 7.86. The topological polar surface area (TPSA) is 63.2 Å². The molecular formula is C21H19NO3S2. The molecule has 0 unspecified atom stereocenters. The van der Waals surface area contributed by atoms with Gasteiger partial charge in [-0.2, -0.15) is 0 Å². The van der Waals surface area contributed by atoms with Crippen molar-refractivity contribution in [3.05, 3.63) is 75.5 Å². The van der Waals surface area contributed by atoms with Crippen molar-refractivity contribution >= 4 is 32.8 Å². The summed E-state index contributed by atoms with van der Waals surface area (Å²) in [6.45, 7) is 3.92. The van der Waals surface area contributed by atoms with Gasteiger partial charge in [0.25, 0.3) is 0 Å². The molecular weight excluding hydrogens is 378 g/mol. The molecule has 27 heavy (non-hydrogen) atoms. The van der Waals surface area contributed by atoms with E-state index in [0.717, 1.165) is 21.6 Å². The van der Waals surface area contributed by atoms with Gasteiger partial charge in [-0.25, -0.2) is 8.42 Å². The van der Waals surface area contributed by atoms with Crippen LogP contribution >= 0.6 is 11.3 Å². The predicted octanol–water partition coefficient (Wildman–Crippen LogP) is 4.67. The van der Waals surface area contributed by atoms with Gasteiger partial charge < -0.3 is 5.32 Å². The Morgan fingerprint density at radius 2 is 1.78 bits per heavy atom. The lowest BCUT2D eigenvalue weighted by Crippen LogP contribution is -2.23. The van der Waals surface area contributed by atoms with Crippen LogP contribution in [0.15, 0.2) is 63.7 Å². The van der Waals surface area contributed by atoms with E-state index in [4.69, 9.17) is 0 Å². The zero-order valence-electron chi connectivity index (χ0n) is 15.0. The number of aryl methyl sites for hydroxylation is 2. The maximum atomic E-state index is 13.1. The number of hydrogen-bond donors (Lipinski definition) is 1. The lowest BCUT2D eigenvalue weighted by molar-refractivity contribution is -0.116. The summed E-state index contributed by atoms with van der Waals surface area (Å²) >= 11 is 1.39. The highest BCUT2D eigenvalue weighted by Gasteiger charge is 2.34. The molecule has 0 saturated heterocycles. The number of hydrogen-bond acceptors (Lipinski definition) is 4. The average molecular weight is 398 g/mol. The first-order valence-electron chi connectivity index (χ1n) is 8.66. The summed E-state index contributed by atoms with van der Waals surface area (Å²) in [5.74, 6) is -0.284. The molecule has 0 saturated carbocycles. The monoisotopic (exact) mass is 397 g/mol. The molecule has 6 heteroatoms. The Morgan fingerprint density at radius 3 is 2.48 bits per heavy atom. The summed E-state index contributed by atoms with van der Waals surface area (Å²) in [5.41, 5.74) is 3.58. The standard InChI is InChI=1S/C21H19NO3S2/c1-13-6-8-16(9-7-13)27(24,25)18-12-26-21-17(11-19(23)22-20(18)21)15-5-3-4-14(2)10-15/h3-10,12,17H,11H2,1-2H3,(H,22,23)/t17-/m0/s1. The van der Waals surface area contributed by atoms with Crippen molar-refractivity contribution in [2.24, 2.45) is 0 Å². The van der Waals surface area contributed by atoms with Crippen LogP contribution in [0.25, 0.3) is 0 Å². The van der Waals surface area contributed by atoms with Gasteiger partial charge in [-0.3, -0.25) is 4.79 Å². The Bertz CT molecular complexity index is 1130. The van der Waals surface area contributed by atoms with Crippen molar-refractivity contribution in [2.45, 2.75) is 36.0 Å². The SMILES string of the molecule is Cc1ccc(S(=O)(=O)c2csc3c2NC(=O)C[C@H]3c2cccc(C)c2)cc1. The molecule has 0 spiro atoms. The predicted molar refractivity (Wildman–Crippen MR) is 107 cm³/mol. The van der Waals surface area contributed by atoms with E-state index in [1.807, 2.05) is 32.0 Å². The minimum atomic E-state index is -3.70. The number of thiophene rings is 1. The lowest BCUT2D eigenvalue weighted by Gasteiger charge is -2.24. The lowest BCUT2D eigenvalue weighted by atomic mass is 9.90. The van der Waals surface area contributed by atoms with Crippen LogP contribution in [0, 0.1) is 13.8 Å². The van der Waals surface area contributed by atoms with Crippen molar-refractivity contribution in [2.75, 3.05) is 5.32 Å². The maximum Gasteiger partial charge on any atom is 0.225 e. The van der Waals surface area contributed by atoms with Gasteiger partial charge in [0, 0.05) is 22.6 Å². The minimum Gasteiger partial charge on any atom is -0.324 e. The van der Waals surface area contributed by atoms with Gasteiger partial charge in [-0.1, -0.05) is 47.5 Å². The van der Waals surface area contributed by atoms with Gasteiger partial charge >= 0.3 is 0 Å². The fraction of sp³-hybridized carbons (Fsp3) is 0.190. The number of rotatable bonds is 3. The molecule has 0 bridgehead atoms.